The van der Waals surface area contributed by atoms with Gasteiger partial charge in [0.15, 0.2) is 0 Å². The monoisotopic (exact) mass is 380 g/mol. The quantitative estimate of drug-likeness (QED) is 0.755. The summed E-state index contributed by atoms with van der Waals surface area (Å²) in [4.78, 5) is 39.1. The first-order valence-electron chi connectivity index (χ1n) is 8.91. The zero-order valence-corrected chi connectivity index (χ0v) is 14.9. The molecule has 142 valence electrons. The van der Waals surface area contributed by atoms with Gasteiger partial charge in [0, 0.05) is 24.0 Å². The second kappa shape index (κ2) is 6.92. The van der Waals surface area contributed by atoms with Crippen molar-refractivity contribution in [2.75, 3.05) is 6.54 Å². The minimum atomic E-state index is -1.28. The van der Waals surface area contributed by atoms with Crippen LogP contribution in [0, 0.1) is 5.82 Å². The van der Waals surface area contributed by atoms with E-state index >= 15 is 0 Å². The first-order valence-corrected chi connectivity index (χ1v) is 8.91. The number of carboxylic acids is 1. The van der Waals surface area contributed by atoms with Crippen LogP contribution >= 0.6 is 0 Å². The van der Waals surface area contributed by atoms with Gasteiger partial charge in [-0.05, 0) is 24.6 Å². The molecule has 1 amide bonds. The number of para-hydroxylation sites is 1. The molecule has 1 aliphatic heterocycles. The summed E-state index contributed by atoms with van der Waals surface area (Å²) >= 11 is 0. The molecule has 3 aromatic rings. The van der Waals surface area contributed by atoms with Gasteiger partial charge in [-0.25, -0.2) is 9.18 Å². The van der Waals surface area contributed by atoms with Crippen LogP contribution in [-0.2, 0) is 11.3 Å². The summed E-state index contributed by atoms with van der Waals surface area (Å²) in [7, 11) is 0. The number of halogens is 1. The van der Waals surface area contributed by atoms with E-state index < -0.39 is 17.3 Å². The highest BCUT2D eigenvalue weighted by Crippen LogP contribution is 2.26. The molecule has 0 atom stereocenters. The Morgan fingerprint density at radius 3 is 2.46 bits per heavy atom. The molecular formula is C21H17FN2O4. The number of rotatable bonds is 4. The van der Waals surface area contributed by atoms with Crippen molar-refractivity contribution in [1.29, 1.82) is 0 Å². The van der Waals surface area contributed by atoms with Crippen molar-refractivity contribution in [3.8, 4) is 5.69 Å². The third-order valence-electron chi connectivity index (χ3n) is 5.00. The predicted octanol–water partition coefficient (Wildman–Crippen LogP) is 2.95. The van der Waals surface area contributed by atoms with E-state index in [4.69, 9.17) is 0 Å². The van der Waals surface area contributed by atoms with Crippen molar-refractivity contribution in [3.05, 3.63) is 76.0 Å². The van der Waals surface area contributed by atoms with Crippen molar-refractivity contribution >= 4 is 22.6 Å². The minimum Gasteiger partial charge on any atom is -0.478 e. The molecule has 0 unspecified atom stereocenters. The van der Waals surface area contributed by atoms with Gasteiger partial charge in [0.25, 0.3) is 5.56 Å². The van der Waals surface area contributed by atoms with Crippen LogP contribution in [0.3, 0.4) is 0 Å². The molecule has 0 bridgehead atoms. The number of hydrogen-bond acceptors (Lipinski definition) is 3. The Morgan fingerprint density at radius 2 is 1.82 bits per heavy atom. The number of nitrogens with zero attached hydrogens (tertiary/aromatic N) is 2. The van der Waals surface area contributed by atoms with Gasteiger partial charge in [0.1, 0.15) is 5.82 Å². The number of likely N-dealkylation sites (tertiary alicyclic amines) is 1. The fourth-order valence-electron chi connectivity index (χ4n) is 3.74. The van der Waals surface area contributed by atoms with E-state index in [0.29, 0.717) is 25.1 Å². The molecule has 2 heterocycles. The van der Waals surface area contributed by atoms with Crippen LogP contribution in [0.4, 0.5) is 4.39 Å². The van der Waals surface area contributed by atoms with Gasteiger partial charge in [-0.1, -0.05) is 30.3 Å². The topological polar surface area (TPSA) is 79.6 Å². The number of carbonyl (C=O) groups is 2. The summed E-state index contributed by atoms with van der Waals surface area (Å²) in [5.74, 6) is -2.15. The van der Waals surface area contributed by atoms with E-state index in [1.807, 2.05) is 0 Å². The van der Waals surface area contributed by atoms with E-state index in [9.17, 15) is 23.9 Å². The van der Waals surface area contributed by atoms with Crippen molar-refractivity contribution in [1.82, 2.24) is 9.47 Å². The summed E-state index contributed by atoms with van der Waals surface area (Å²) in [5.41, 5.74) is -0.234. The lowest BCUT2D eigenvalue weighted by Crippen LogP contribution is -2.32. The lowest BCUT2D eigenvalue weighted by molar-refractivity contribution is -0.128. The van der Waals surface area contributed by atoms with Crippen LogP contribution in [0.1, 0.15) is 28.9 Å². The maximum Gasteiger partial charge on any atom is 0.338 e. The summed E-state index contributed by atoms with van der Waals surface area (Å²) in [5, 5.41) is 9.67. The van der Waals surface area contributed by atoms with E-state index in [0.717, 1.165) is 6.07 Å². The number of carbonyl (C=O) groups excluding carboxylic acids is 1. The molecule has 28 heavy (non-hydrogen) atoms. The van der Waals surface area contributed by atoms with E-state index in [-0.39, 0.29) is 34.5 Å². The standard InChI is InChI=1S/C21H17FN2O4/c22-15-9-4-8-14-18(15)20(26)24(13-6-2-1-3-7-13)16(19(14)21(27)28)12-23-11-5-10-17(23)25/h1-4,6-9H,5,10-12H2,(H,27,28). The number of carboxylic acid groups (broad SMARTS) is 1. The highest BCUT2D eigenvalue weighted by Gasteiger charge is 2.28. The zero-order valence-electron chi connectivity index (χ0n) is 14.9. The second-order valence-corrected chi connectivity index (χ2v) is 6.68. The fourth-order valence-corrected chi connectivity index (χ4v) is 3.74. The van der Waals surface area contributed by atoms with Gasteiger partial charge in [0.2, 0.25) is 5.91 Å². The number of aromatic carboxylic acids is 1. The molecule has 2 aromatic carbocycles. The molecule has 0 aliphatic carbocycles. The minimum absolute atomic E-state index is 0.0307. The summed E-state index contributed by atoms with van der Waals surface area (Å²) < 4.78 is 15.7. The summed E-state index contributed by atoms with van der Waals surface area (Å²) in [6.07, 6.45) is 1.07. The Morgan fingerprint density at radius 1 is 1.07 bits per heavy atom. The van der Waals surface area contributed by atoms with Gasteiger partial charge in [0.05, 0.1) is 23.2 Å². The van der Waals surface area contributed by atoms with E-state index in [1.54, 1.807) is 30.3 Å². The SMILES string of the molecule is O=C(O)c1c(CN2CCCC2=O)n(-c2ccccc2)c(=O)c2c(F)cccc12. The van der Waals surface area contributed by atoms with Crippen LogP contribution in [0.2, 0.25) is 0 Å². The molecule has 4 rings (SSSR count). The molecule has 1 N–H and O–H groups in total. The maximum absolute atomic E-state index is 14.5. The van der Waals surface area contributed by atoms with Crippen molar-refractivity contribution in [2.24, 2.45) is 0 Å². The lowest BCUT2D eigenvalue weighted by Gasteiger charge is -2.22. The Balaban J connectivity index is 2.11. The molecule has 1 aromatic heterocycles. The van der Waals surface area contributed by atoms with Crippen LogP contribution in [0.15, 0.2) is 53.3 Å². The average Bonchev–Trinajstić information content (AvgIpc) is 3.07. The van der Waals surface area contributed by atoms with E-state index in [2.05, 4.69) is 0 Å². The lowest BCUT2D eigenvalue weighted by atomic mass is 10.0. The number of amides is 1. The molecule has 0 spiro atoms. The molecule has 0 radical (unpaired) electrons. The third kappa shape index (κ3) is 2.85. The van der Waals surface area contributed by atoms with Gasteiger partial charge in [-0.3, -0.25) is 14.2 Å². The summed E-state index contributed by atoms with van der Waals surface area (Å²) in [6.45, 7) is 0.457. The highest BCUT2D eigenvalue weighted by molar-refractivity contribution is 6.04. The normalized spacial score (nSPS) is 14.0. The number of pyridine rings is 1. The molecule has 0 saturated carbocycles. The van der Waals surface area contributed by atoms with Crippen LogP contribution in [0.5, 0.6) is 0 Å². The van der Waals surface area contributed by atoms with Gasteiger partial charge in [-0.2, -0.15) is 0 Å². The van der Waals surface area contributed by atoms with Crippen LogP contribution in [0.25, 0.3) is 16.5 Å². The van der Waals surface area contributed by atoms with Gasteiger partial charge in [-0.15, -0.1) is 0 Å². The number of hydrogen-bond donors (Lipinski definition) is 1. The zero-order chi connectivity index (χ0) is 19.8. The van der Waals surface area contributed by atoms with Gasteiger partial charge >= 0.3 is 5.97 Å². The van der Waals surface area contributed by atoms with Crippen LogP contribution < -0.4 is 5.56 Å². The maximum atomic E-state index is 14.5. The van der Waals surface area contributed by atoms with Gasteiger partial charge < -0.3 is 10.0 Å². The largest absolute Gasteiger partial charge is 0.478 e. The van der Waals surface area contributed by atoms with Crippen molar-refractivity contribution in [3.63, 3.8) is 0 Å². The fraction of sp³-hybridized carbons (Fsp3) is 0.190. The highest BCUT2D eigenvalue weighted by atomic mass is 19.1. The average molecular weight is 380 g/mol. The Kier molecular flexibility index (Phi) is 4.43. The molecule has 7 heteroatoms. The molecular weight excluding hydrogens is 363 g/mol. The first kappa shape index (κ1) is 17.9. The smallest absolute Gasteiger partial charge is 0.338 e. The number of benzene rings is 2. The molecule has 1 saturated heterocycles. The third-order valence-corrected chi connectivity index (χ3v) is 5.00. The molecule has 6 nitrogen and oxygen atoms in total. The van der Waals surface area contributed by atoms with Crippen LogP contribution in [-0.4, -0.2) is 33.0 Å². The first-order chi connectivity index (χ1) is 13.5. The Bertz CT molecular complexity index is 1150. The predicted molar refractivity (Wildman–Crippen MR) is 101 cm³/mol. The Labute approximate surface area is 159 Å². The van der Waals surface area contributed by atoms with Crippen molar-refractivity contribution < 1.29 is 19.1 Å². The summed E-state index contributed by atoms with van der Waals surface area (Å²) in [6, 6.07) is 12.4. The number of aromatic nitrogens is 1. The molecule has 1 fully saturated rings. The second-order valence-electron chi connectivity index (χ2n) is 6.68. The number of fused-ring (bicyclic) bond motifs is 1. The molecule has 1 aliphatic rings. The van der Waals surface area contributed by atoms with E-state index in [1.165, 1.54) is 21.6 Å². The van der Waals surface area contributed by atoms with Crippen molar-refractivity contribution in [2.45, 2.75) is 19.4 Å². The Hall–Kier alpha value is -3.48.